The van der Waals surface area contributed by atoms with Crippen LogP contribution in [0.2, 0.25) is 0 Å². The molecule has 0 fully saturated rings. The van der Waals surface area contributed by atoms with Crippen LogP contribution in [0.25, 0.3) is 0 Å². The molecule has 1 aromatic heterocycles. The van der Waals surface area contributed by atoms with Crippen LogP contribution in [0.4, 0.5) is 5.00 Å². The van der Waals surface area contributed by atoms with E-state index >= 15 is 0 Å². The van der Waals surface area contributed by atoms with Crippen molar-refractivity contribution in [1.29, 1.82) is 0 Å². The third kappa shape index (κ3) is 1.38. The zero-order valence-electron chi connectivity index (χ0n) is 6.68. The third-order valence-electron chi connectivity index (χ3n) is 1.93. The second kappa shape index (κ2) is 2.81. The molecule has 0 bridgehead atoms. The lowest BCUT2D eigenvalue weighted by Gasteiger charge is -1.96. The van der Waals surface area contributed by atoms with Crippen LogP contribution in [0.1, 0.15) is 23.5 Å². The lowest BCUT2D eigenvalue weighted by Crippen LogP contribution is -1.96. The molecule has 0 aromatic carbocycles. The number of fused-ring (bicyclic) bond motifs is 1. The molecule has 2 nitrogen and oxygen atoms in total. The first-order valence-corrected chi connectivity index (χ1v) is 4.88. The summed E-state index contributed by atoms with van der Waals surface area (Å²) in [5.74, 6) is 0. The first-order valence-electron chi connectivity index (χ1n) is 4.06. The fourth-order valence-corrected chi connectivity index (χ4v) is 2.29. The first kappa shape index (κ1) is 7.10. The summed E-state index contributed by atoms with van der Waals surface area (Å²) in [7, 11) is 0. The number of nitrogens with one attached hydrogen (secondary N) is 1. The van der Waals surface area contributed by atoms with Crippen LogP contribution < -0.4 is 5.32 Å². The highest BCUT2D eigenvalue weighted by Crippen LogP contribution is 2.27. The average molecular weight is 168 g/mol. The maximum atomic E-state index is 4.47. The molecule has 1 aliphatic heterocycles. The van der Waals surface area contributed by atoms with E-state index in [0.29, 0.717) is 0 Å². The normalized spacial score (nSPS) is 16.8. The number of hydrogen-bond donors (Lipinski definition) is 1. The van der Waals surface area contributed by atoms with Crippen molar-refractivity contribution >= 4 is 16.3 Å². The molecule has 60 valence electrons. The van der Waals surface area contributed by atoms with Gasteiger partial charge in [-0.1, -0.05) is 0 Å². The molecule has 2 rings (SSSR count). The second-order valence-electron chi connectivity index (χ2n) is 2.89. The van der Waals surface area contributed by atoms with Gasteiger partial charge < -0.3 is 5.32 Å². The minimum atomic E-state index is 1.12. The molecule has 0 atom stereocenters. The van der Waals surface area contributed by atoms with Crippen molar-refractivity contribution in [3.05, 3.63) is 10.7 Å². The standard InChI is InChI=1S/C8H12N2S/c1-6-10-7-4-2-3-5-9-8(7)11-6/h9H,2-5H2,1H3. The smallest absolute Gasteiger partial charge is 0.112 e. The lowest BCUT2D eigenvalue weighted by atomic mass is 10.2. The fraction of sp³-hybridized carbons (Fsp3) is 0.625. The molecule has 1 aromatic rings. The van der Waals surface area contributed by atoms with E-state index < -0.39 is 0 Å². The van der Waals surface area contributed by atoms with Crippen molar-refractivity contribution in [3.8, 4) is 0 Å². The number of rotatable bonds is 0. The van der Waals surface area contributed by atoms with Gasteiger partial charge in [-0.2, -0.15) is 0 Å². The molecular weight excluding hydrogens is 156 g/mol. The number of hydrogen-bond acceptors (Lipinski definition) is 3. The largest absolute Gasteiger partial charge is 0.375 e. The van der Waals surface area contributed by atoms with Crippen molar-refractivity contribution in [1.82, 2.24) is 4.98 Å². The Morgan fingerprint density at radius 1 is 1.45 bits per heavy atom. The van der Waals surface area contributed by atoms with Gasteiger partial charge in [-0.05, 0) is 26.2 Å². The monoisotopic (exact) mass is 168 g/mol. The average Bonchev–Trinajstić information content (AvgIpc) is 2.17. The van der Waals surface area contributed by atoms with Gasteiger partial charge in [-0.3, -0.25) is 0 Å². The van der Waals surface area contributed by atoms with Crippen LogP contribution in [-0.4, -0.2) is 11.5 Å². The van der Waals surface area contributed by atoms with Gasteiger partial charge in [0.25, 0.3) is 0 Å². The van der Waals surface area contributed by atoms with Crippen molar-refractivity contribution in [2.45, 2.75) is 26.2 Å². The molecule has 3 heteroatoms. The van der Waals surface area contributed by atoms with Gasteiger partial charge in [0.15, 0.2) is 0 Å². The Morgan fingerprint density at radius 3 is 3.27 bits per heavy atom. The summed E-state index contributed by atoms with van der Waals surface area (Å²) in [6, 6.07) is 0. The summed E-state index contributed by atoms with van der Waals surface area (Å²) >= 11 is 1.78. The highest BCUT2D eigenvalue weighted by atomic mass is 32.1. The number of anilines is 1. The fourth-order valence-electron chi connectivity index (χ4n) is 1.40. The van der Waals surface area contributed by atoms with E-state index in [1.807, 2.05) is 0 Å². The summed E-state index contributed by atoms with van der Waals surface area (Å²) in [4.78, 5) is 4.47. The van der Waals surface area contributed by atoms with E-state index in [-0.39, 0.29) is 0 Å². The minimum Gasteiger partial charge on any atom is -0.375 e. The van der Waals surface area contributed by atoms with Crippen molar-refractivity contribution < 1.29 is 0 Å². The Balaban J connectivity index is 2.32. The third-order valence-corrected chi connectivity index (χ3v) is 2.90. The van der Waals surface area contributed by atoms with E-state index in [0.717, 1.165) is 13.0 Å². The van der Waals surface area contributed by atoms with Gasteiger partial charge in [-0.25, -0.2) is 4.98 Å². The molecule has 1 N–H and O–H groups in total. The molecule has 11 heavy (non-hydrogen) atoms. The Kier molecular flexibility index (Phi) is 1.82. The molecule has 0 aliphatic carbocycles. The van der Waals surface area contributed by atoms with Gasteiger partial charge in [0, 0.05) is 6.54 Å². The number of thiazole rings is 1. The van der Waals surface area contributed by atoms with Crippen molar-refractivity contribution in [2.24, 2.45) is 0 Å². The molecule has 0 unspecified atom stereocenters. The summed E-state index contributed by atoms with van der Waals surface area (Å²) in [5.41, 5.74) is 1.28. The van der Waals surface area contributed by atoms with Gasteiger partial charge in [0.2, 0.25) is 0 Å². The minimum absolute atomic E-state index is 1.12. The van der Waals surface area contributed by atoms with Crippen LogP contribution in [0.15, 0.2) is 0 Å². The van der Waals surface area contributed by atoms with Crippen LogP contribution in [0, 0.1) is 6.92 Å². The molecule has 0 amide bonds. The highest BCUT2D eigenvalue weighted by Gasteiger charge is 2.10. The van der Waals surface area contributed by atoms with Crippen LogP contribution in [-0.2, 0) is 6.42 Å². The Labute approximate surface area is 70.7 Å². The maximum Gasteiger partial charge on any atom is 0.112 e. The van der Waals surface area contributed by atoms with Gasteiger partial charge in [-0.15, -0.1) is 11.3 Å². The Bertz CT molecular complexity index is 231. The molecule has 0 saturated carbocycles. The molecule has 2 heterocycles. The van der Waals surface area contributed by atoms with Crippen LogP contribution in [0.3, 0.4) is 0 Å². The van der Waals surface area contributed by atoms with E-state index in [1.54, 1.807) is 11.3 Å². The van der Waals surface area contributed by atoms with Crippen LogP contribution in [0.5, 0.6) is 0 Å². The quantitative estimate of drug-likeness (QED) is 0.642. The van der Waals surface area contributed by atoms with E-state index in [1.165, 1.54) is 28.5 Å². The number of aryl methyl sites for hydroxylation is 2. The summed E-state index contributed by atoms with van der Waals surface area (Å²) in [6.07, 6.45) is 3.72. The number of nitrogens with zero attached hydrogens (tertiary/aromatic N) is 1. The lowest BCUT2D eigenvalue weighted by molar-refractivity contribution is 0.773. The highest BCUT2D eigenvalue weighted by molar-refractivity contribution is 7.15. The summed E-state index contributed by atoms with van der Waals surface area (Å²) < 4.78 is 0. The molecule has 0 spiro atoms. The SMILES string of the molecule is Cc1nc2c(s1)NCCCC2. The van der Waals surface area contributed by atoms with E-state index in [4.69, 9.17) is 0 Å². The van der Waals surface area contributed by atoms with Gasteiger partial charge in [0.05, 0.1) is 10.7 Å². The zero-order valence-corrected chi connectivity index (χ0v) is 7.50. The molecular formula is C8H12N2S. The molecule has 0 saturated heterocycles. The zero-order chi connectivity index (χ0) is 7.68. The topological polar surface area (TPSA) is 24.9 Å². The van der Waals surface area contributed by atoms with Gasteiger partial charge in [0.1, 0.15) is 5.00 Å². The van der Waals surface area contributed by atoms with E-state index in [9.17, 15) is 0 Å². The van der Waals surface area contributed by atoms with Crippen molar-refractivity contribution in [2.75, 3.05) is 11.9 Å². The predicted octanol–water partition coefficient (Wildman–Crippen LogP) is 2.20. The Morgan fingerprint density at radius 2 is 2.36 bits per heavy atom. The molecule has 0 radical (unpaired) electrons. The second-order valence-corrected chi connectivity index (χ2v) is 4.10. The summed E-state index contributed by atoms with van der Waals surface area (Å²) in [5, 5.41) is 5.89. The predicted molar refractivity (Wildman–Crippen MR) is 48.3 cm³/mol. The van der Waals surface area contributed by atoms with Crippen LogP contribution >= 0.6 is 11.3 Å². The van der Waals surface area contributed by atoms with Crippen molar-refractivity contribution in [3.63, 3.8) is 0 Å². The maximum absolute atomic E-state index is 4.47. The van der Waals surface area contributed by atoms with Gasteiger partial charge >= 0.3 is 0 Å². The molecule has 1 aliphatic rings. The Hall–Kier alpha value is -0.570. The first-order chi connectivity index (χ1) is 5.36. The summed E-state index contributed by atoms with van der Waals surface area (Å²) in [6.45, 7) is 3.19. The van der Waals surface area contributed by atoms with E-state index in [2.05, 4.69) is 17.2 Å². The number of aromatic nitrogens is 1.